The summed E-state index contributed by atoms with van der Waals surface area (Å²) in [4.78, 5) is 54.5. The Morgan fingerprint density at radius 2 is 1.53 bits per heavy atom. The lowest BCUT2D eigenvalue weighted by atomic mass is 10.1. The molecule has 0 aromatic heterocycles. The number of esters is 1. The second-order valence-corrected chi connectivity index (χ2v) is 8.90. The van der Waals surface area contributed by atoms with Crippen LogP contribution in [0, 0.1) is 0 Å². The predicted octanol–water partition coefficient (Wildman–Crippen LogP) is 3.45. The zero-order valence-electron chi connectivity index (χ0n) is 20.7. The van der Waals surface area contributed by atoms with E-state index in [-0.39, 0.29) is 23.8 Å². The summed E-state index contributed by atoms with van der Waals surface area (Å²) in [6, 6.07) is 9.55. The largest absolute Gasteiger partial charge is 0.493 e. The first kappa shape index (κ1) is 25.2. The molecule has 1 unspecified atom stereocenters. The van der Waals surface area contributed by atoms with Gasteiger partial charge in [-0.1, -0.05) is 25.0 Å². The molecule has 2 aromatic carbocycles. The van der Waals surface area contributed by atoms with Crippen LogP contribution < -0.4 is 9.47 Å². The molecule has 4 rings (SSSR count). The third kappa shape index (κ3) is 4.91. The maximum absolute atomic E-state index is 13.0. The number of imide groups is 1. The summed E-state index contributed by atoms with van der Waals surface area (Å²) in [5.74, 6) is -1.26. The number of amides is 3. The topological polar surface area (TPSA) is 102 Å². The molecule has 1 atom stereocenters. The summed E-state index contributed by atoms with van der Waals surface area (Å²) >= 11 is 0. The molecule has 2 aliphatic rings. The van der Waals surface area contributed by atoms with Crippen molar-refractivity contribution in [1.82, 2.24) is 9.80 Å². The third-order valence-electron chi connectivity index (χ3n) is 6.55. The van der Waals surface area contributed by atoms with Gasteiger partial charge in [0, 0.05) is 18.7 Å². The first-order valence-electron chi connectivity index (χ1n) is 12.1. The summed E-state index contributed by atoms with van der Waals surface area (Å²) in [6.45, 7) is 2.74. The van der Waals surface area contributed by atoms with Gasteiger partial charge in [0.05, 0.1) is 37.5 Å². The number of hydrogen-bond donors (Lipinski definition) is 0. The van der Waals surface area contributed by atoms with Crippen LogP contribution in [0.2, 0.25) is 0 Å². The molecule has 2 heterocycles. The SMILES string of the molecule is COc1cc(C(=O)OC(C)C(=O)N2CCCCCC2)cc(CN2C(=O)c3ccccc3C2=O)c1OC. The van der Waals surface area contributed by atoms with Crippen molar-refractivity contribution in [3.63, 3.8) is 0 Å². The molecule has 1 saturated heterocycles. The number of hydrogen-bond acceptors (Lipinski definition) is 7. The lowest BCUT2D eigenvalue weighted by molar-refractivity contribution is -0.139. The van der Waals surface area contributed by atoms with E-state index in [0.29, 0.717) is 35.5 Å². The average molecular weight is 495 g/mol. The third-order valence-corrected chi connectivity index (χ3v) is 6.55. The van der Waals surface area contributed by atoms with E-state index in [4.69, 9.17) is 14.2 Å². The molecule has 3 amide bonds. The molecule has 1 fully saturated rings. The van der Waals surface area contributed by atoms with E-state index in [1.54, 1.807) is 36.1 Å². The Hall–Kier alpha value is -3.88. The first-order chi connectivity index (χ1) is 17.3. The van der Waals surface area contributed by atoms with Crippen LogP contribution in [0.4, 0.5) is 0 Å². The van der Waals surface area contributed by atoms with Gasteiger partial charge in [0.1, 0.15) is 0 Å². The van der Waals surface area contributed by atoms with E-state index >= 15 is 0 Å². The van der Waals surface area contributed by atoms with Crippen LogP contribution in [0.1, 0.15) is 69.2 Å². The Balaban J connectivity index is 1.56. The fourth-order valence-electron chi connectivity index (χ4n) is 4.66. The molecule has 9 heteroatoms. The summed E-state index contributed by atoms with van der Waals surface area (Å²) < 4.78 is 16.4. The summed E-state index contributed by atoms with van der Waals surface area (Å²) in [7, 11) is 2.86. The maximum Gasteiger partial charge on any atom is 0.339 e. The predicted molar refractivity (Wildman–Crippen MR) is 130 cm³/mol. The van der Waals surface area contributed by atoms with Gasteiger partial charge >= 0.3 is 5.97 Å². The molecule has 2 aromatic rings. The van der Waals surface area contributed by atoms with Crippen LogP contribution >= 0.6 is 0 Å². The van der Waals surface area contributed by atoms with E-state index in [1.807, 2.05) is 0 Å². The Morgan fingerprint density at radius 3 is 2.08 bits per heavy atom. The molecular weight excluding hydrogens is 464 g/mol. The van der Waals surface area contributed by atoms with E-state index in [1.165, 1.54) is 26.4 Å². The fraction of sp³-hybridized carbons (Fsp3) is 0.407. The van der Waals surface area contributed by atoms with Crippen molar-refractivity contribution in [2.24, 2.45) is 0 Å². The number of rotatable bonds is 7. The van der Waals surface area contributed by atoms with Gasteiger partial charge in [-0.15, -0.1) is 0 Å². The van der Waals surface area contributed by atoms with E-state index in [9.17, 15) is 19.2 Å². The average Bonchev–Trinajstić information content (AvgIpc) is 3.07. The molecular formula is C27H30N2O7. The molecule has 36 heavy (non-hydrogen) atoms. The molecule has 9 nitrogen and oxygen atoms in total. The Morgan fingerprint density at radius 1 is 0.917 bits per heavy atom. The van der Waals surface area contributed by atoms with Crippen molar-refractivity contribution >= 4 is 23.7 Å². The van der Waals surface area contributed by atoms with Crippen LogP contribution in [-0.2, 0) is 16.1 Å². The van der Waals surface area contributed by atoms with Gasteiger partial charge < -0.3 is 19.1 Å². The van der Waals surface area contributed by atoms with Gasteiger partial charge in [0.25, 0.3) is 17.7 Å². The highest BCUT2D eigenvalue weighted by Gasteiger charge is 2.36. The van der Waals surface area contributed by atoms with E-state index in [0.717, 1.165) is 30.6 Å². The lowest BCUT2D eigenvalue weighted by Crippen LogP contribution is -2.40. The van der Waals surface area contributed by atoms with Gasteiger partial charge in [-0.3, -0.25) is 19.3 Å². The monoisotopic (exact) mass is 494 g/mol. The first-order valence-corrected chi connectivity index (χ1v) is 12.1. The minimum atomic E-state index is -0.955. The van der Waals surface area contributed by atoms with Crippen LogP contribution in [-0.4, -0.2) is 66.9 Å². The highest BCUT2D eigenvalue weighted by atomic mass is 16.5. The minimum Gasteiger partial charge on any atom is -0.493 e. The van der Waals surface area contributed by atoms with Crippen molar-refractivity contribution < 1.29 is 33.4 Å². The normalized spacial score (nSPS) is 16.3. The molecule has 2 aliphatic heterocycles. The van der Waals surface area contributed by atoms with Crippen LogP contribution in [0.25, 0.3) is 0 Å². The number of likely N-dealkylation sites (tertiary alicyclic amines) is 1. The van der Waals surface area contributed by atoms with Gasteiger partial charge in [-0.2, -0.15) is 0 Å². The molecule has 0 N–H and O–H groups in total. The number of ether oxygens (including phenoxy) is 3. The van der Waals surface area contributed by atoms with Crippen molar-refractivity contribution in [3.8, 4) is 11.5 Å². The molecule has 0 spiro atoms. The number of benzene rings is 2. The second kappa shape index (κ2) is 10.8. The zero-order chi connectivity index (χ0) is 25.8. The maximum atomic E-state index is 13.0. The van der Waals surface area contributed by atoms with Crippen molar-refractivity contribution in [2.45, 2.75) is 45.3 Å². The van der Waals surface area contributed by atoms with Gasteiger partial charge in [-0.05, 0) is 44.0 Å². The highest BCUT2D eigenvalue weighted by Crippen LogP contribution is 2.35. The Kier molecular flexibility index (Phi) is 7.57. The smallest absolute Gasteiger partial charge is 0.339 e. The molecule has 0 radical (unpaired) electrons. The Bertz CT molecular complexity index is 1150. The fourth-order valence-corrected chi connectivity index (χ4v) is 4.66. The van der Waals surface area contributed by atoms with Crippen molar-refractivity contribution in [2.75, 3.05) is 27.3 Å². The van der Waals surface area contributed by atoms with Gasteiger partial charge in [0.15, 0.2) is 17.6 Å². The summed E-state index contributed by atoms with van der Waals surface area (Å²) in [5.41, 5.74) is 1.16. The number of carbonyl (C=O) groups excluding carboxylic acids is 4. The molecule has 0 saturated carbocycles. The minimum absolute atomic E-state index is 0.120. The quantitative estimate of drug-likeness (QED) is 0.429. The standard InChI is InChI=1S/C27H30N2O7/c1-17(24(30)28-12-8-4-5-9-13-28)36-27(33)18-14-19(23(35-3)22(15-18)34-2)16-29-25(31)20-10-6-7-11-21(20)26(29)32/h6-7,10-11,14-15,17H,4-5,8-9,12-13,16H2,1-3H3. The molecule has 0 aliphatic carbocycles. The summed E-state index contributed by atoms with van der Waals surface area (Å²) in [5, 5.41) is 0. The van der Waals surface area contributed by atoms with Gasteiger partial charge in [0.2, 0.25) is 0 Å². The van der Waals surface area contributed by atoms with Crippen LogP contribution in [0.15, 0.2) is 36.4 Å². The number of nitrogens with zero attached hydrogens (tertiary/aromatic N) is 2. The van der Waals surface area contributed by atoms with Crippen molar-refractivity contribution in [3.05, 3.63) is 58.7 Å². The Labute approximate surface area is 209 Å². The summed E-state index contributed by atoms with van der Waals surface area (Å²) in [6.07, 6.45) is 3.08. The zero-order valence-corrected chi connectivity index (χ0v) is 20.7. The van der Waals surface area contributed by atoms with Crippen molar-refractivity contribution in [1.29, 1.82) is 0 Å². The van der Waals surface area contributed by atoms with E-state index in [2.05, 4.69) is 0 Å². The number of fused-ring (bicyclic) bond motifs is 1. The van der Waals surface area contributed by atoms with Crippen LogP contribution in [0.5, 0.6) is 11.5 Å². The van der Waals surface area contributed by atoms with Gasteiger partial charge in [-0.25, -0.2) is 4.79 Å². The molecule has 190 valence electrons. The van der Waals surface area contributed by atoms with Crippen LogP contribution in [0.3, 0.4) is 0 Å². The second-order valence-electron chi connectivity index (χ2n) is 8.90. The van der Waals surface area contributed by atoms with E-state index < -0.39 is 23.9 Å². The lowest BCUT2D eigenvalue weighted by Gasteiger charge is -2.24. The number of methoxy groups -OCH3 is 2. The molecule has 0 bridgehead atoms. The number of carbonyl (C=O) groups is 4. The highest BCUT2D eigenvalue weighted by molar-refractivity contribution is 6.21.